The molecule has 0 N–H and O–H groups in total. The average molecular weight is 320 g/mol. The molecular formula is C17H15F3N2O. The van der Waals surface area contributed by atoms with Gasteiger partial charge in [-0.3, -0.25) is 9.78 Å². The summed E-state index contributed by atoms with van der Waals surface area (Å²) in [4.78, 5) is 16.9. The highest BCUT2D eigenvalue weighted by Crippen LogP contribution is 2.35. The number of likely N-dealkylation sites (tertiary alicyclic amines) is 1. The van der Waals surface area contributed by atoms with Gasteiger partial charge in [0.2, 0.25) is 5.91 Å². The Bertz CT molecular complexity index is 694. The predicted octanol–water partition coefficient (Wildman–Crippen LogP) is 3.63. The van der Waals surface area contributed by atoms with Crippen LogP contribution < -0.4 is 0 Å². The van der Waals surface area contributed by atoms with E-state index >= 15 is 0 Å². The largest absolute Gasteiger partial charge is 0.397 e. The maximum Gasteiger partial charge on any atom is 0.397 e. The molecule has 0 spiro atoms. The van der Waals surface area contributed by atoms with E-state index in [4.69, 9.17) is 0 Å². The monoisotopic (exact) mass is 320 g/mol. The molecule has 2 aromatic rings. The zero-order chi connectivity index (χ0) is 16.4. The Labute approximate surface area is 131 Å². The number of carbonyl (C=O) groups excluding carboxylic acids is 1. The lowest BCUT2D eigenvalue weighted by Crippen LogP contribution is -2.49. The summed E-state index contributed by atoms with van der Waals surface area (Å²) in [6.07, 6.45) is -2.39. The molecule has 23 heavy (non-hydrogen) atoms. The molecule has 1 fully saturated rings. The molecule has 0 saturated carbocycles. The van der Waals surface area contributed by atoms with Gasteiger partial charge in [-0.2, -0.15) is 13.2 Å². The smallest absolute Gasteiger partial charge is 0.341 e. The van der Waals surface area contributed by atoms with Crippen molar-refractivity contribution in [1.82, 2.24) is 9.88 Å². The fourth-order valence-electron chi connectivity index (χ4n) is 2.80. The normalized spacial score (nSPS) is 15.3. The van der Waals surface area contributed by atoms with E-state index in [0.29, 0.717) is 13.1 Å². The van der Waals surface area contributed by atoms with Crippen molar-refractivity contribution in [1.29, 1.82) is 0 Å². The number of hydrogen-bond donors (Lipinski definition) is 0. The van der Waals surface area contributed by atoms with Crippen molar-refractivity contribution >= 4 is 5.91 Å². The first-order valence-electron chi connectivity index (χ1n) is 7.28. The van der Waals surface area contributed by atoms with Crippen LogP contribution in [0.3, 0.4) is 0 Å². The second-order valence-electron chi connectivity index (χ2n) is 5.62. The minimum absolute atomic E-state index is 0.0589. The predicted molar refractivity (Wildman–Crippen MR) is 79.7 cm³/mol. The molecular weight excluding hydrogens is 305 g/mol. The van der Waals surface area contributed by atoms with Crippen LogP contribution in [0.4, 0.5) is 13.2 Å². The number of amides is 1. The van der Waals surface area contributed by atoms with Gasteiger partial charge in [0.25, 0.3) is 0 Å². The Morgan fingerprint density at radius 3 is 2.57 bits per heavy atom. The van der Waals surface area contributed by atoms with Gasteiger partial charge >= 0.3 is 6.18 Å². The molecule has 0 aliphatic carbocycles. The summed E-state index contributed by atoms with van der Waals surface area (Å²) in [5.74, 6) is -0.795. The number of hydrogen-bond acceptors (Lipinski definition) is 2. The van der Waals surface area contributed by atoms with Gasteiger partial charge in [-0.1, -0.05) is 30.3 Å². The number of aromatic nitrogens is 1. The van der Waals surface area contributed by atoms with E-state index in [0.717, 1.165) is 16.7 Å². The molecule has 0 bridgehead atoms. The van der Waals surface area contributed by atoms with Crippen molar-refractivity contribution in [3.63, 3.8) is 0 Å². The number of halogens is 3. The highest BCUT2D eigenvalue weighted by atomic mass is 19.4. The Balaban J connectivity index is 1.73. The number of nitrogens with zero attached hydrogens (tertiary/aromatic N) is 2. The molecule has 1 aromatic heterocycles. The SMILES string of the molecule is O=C(CC(F)(F)F)N1CC(c2ccccc2-c2cccnc2)C1. The number of rotatable bonds is 3. The third kappa shape index (κ3) is 3.52. The van der Waals surface area contributed by atoms with Crippen LogP contribution >= 0.6 is 0 Å². The molecule has 3 nitrogen and oxygen atoms in total. The lowest BCUT2D eigenvalue weighted by molar-refractivity contribution is -0.164. The Kier molecular flexibility index (Phi) is 4.07. The van der Waals surface area contributed by atoms with E-state index in [9.17, 15) is 18.0 Å². The maximum atomic E-state index is 12.3. The Morgan fingerprint density at radius 2 is 1.91 bits per heavy atom. The molecule has 1 aliphatic rings. The minimum Gasteiger partial charge on any atom is -0.341 e. The maximum absolute atomic E-state index is 12.3. The van der Waals surface area contributed by atoms with Crippen LogP contribution in [-0.4, -0.2) is 35.1 Å². The van der Waals surface area contributed by atoms with Crippen molar-refractivity contribution in [2.45, 2.75) is 18.5 Å². The average Bonchev–Trinajstić information content (AvgIpc) is 2.45. The summed E-state index contributed by atoms with van der Waals surface area (Å²) in [5, 5.41) is 0. The molecule has 2 heterocycles. The quantitative estimate of drug-likeness (QED) is 0.865. The Hall–Kier alpha value is -2.37. The third-order valence-corrected chi connectivity index (χ3v) is 3.96. The van der Waals surface area contributed by atoms with E-state index in [1.54, 1.807) is 12.4 Å². The van der Waals surface area contributed by atoms with E-state index in [-0.39, 0.29) is 5.92 Å². The standard InChI is InChI=1S/C17H15F3N2O/c18-17(19,20)8-16(23)22-10-13(11-22)15-6-2-1-5-14(15)12-4-3-7-21-9-12/h1-7,9,13H,8,10-11H2. The third-order valence-electron chi connectivity index (χ3n) is 3.96. The lowest BCUT2D eigenvalue weighted by Gasteiger charge is -2.40. The molecule has 1 aromatic carbocycles. The molecule has 6 heteroatoms. The van der Waals surface area contributed by atoms with Crippen LogP contribution in [0.1, 0.15) is 17.9 Å². The van der Waals surface area contributed by atoms with Gasteiger partial charge in [0.15, 0.2) is 0 Å². The van der Waals surface area contributed by atoms with Gasteiger partial charge in [0, 0.05) is 37.0 Å². The van der Waals surface area contributed by atoms with Gasteiger partial charge in [-0.15, -0.1) is 0 Å². The first kappa shape index (κ1) is 15.5. The topological polar surface area (TPSA) is 33.2 Å². The van der Waals surface area contributed by atoms with Crippen LogP contribution in [0.15, 0.2) is 48.8 Å². The first-order chi connectivity index (χ1) is 10.9. The number of carbonyl (C=O) groups is 1. The molecule has 1 amide bonds. The Morgan fingerprint density at radius 1 is 1.17 bits per heavy atom. The van der Waals surface area contributed by atoms with Crippen LogP contribution in [0.25, 0.3) is 11.1 Å². The molecule has 3 rings (SSSR count). The molecule has 0 unspecified atom stereocenters. The van der Waals surface area contributed by atoms with Crippen LogP contribution in [0, 0.1) is 0 Å². The van der Waals surface area contributed by atoms with Crippen molar-refractivity contribution in [3.05, 3.63) is 54.4 Å². The molecule has 120 valence electrons. The van der Waals surface area contributed by atoms with Gasteiger partial charge in [0.05, 0.1) is 0 Å². The second-order valence-corrected chi connectivity index (χ2v) is 5.62. The number of pyridine rings is 1. The summed E-state index contributed by atoms with van der Waals surface area (Å²) in [6.45, 7) is 0.651. The zero-order valence-corrected chi connectivity index (χ0v) is 12.3. The van der Waals surface area contributed by atoms with E-state index < -0.39 is 18.5 Å². The second kappa shape index (κ2) is 6.02. The van der Waals surface area contributed by atoms with E-state index in [1.807, 2.05) is 36.4 Å². The van der Waals surface area contributed by atoms with E-state index in [1.165, 1.54) is 4.90 Å². The van der Waals surface area contributed by atoms with Crippen LogP contribution in [0.5, 0.6) is 0 Å². The van der Waals surface area contributed by atoms with Crippen molar-refractivity contribution in [3.8, 4) is 11.1 Å². The number of benzene rings is 1. The fraction of sp³-hybridized carbons (Fsp3) is 0.294. The zero-order valence-electron chi connectivity index (χ0n) is 12.3. The summed E-state index contributed by atoms with van der Waals surface area (Å²) >= 11 is 0. The first-order valence-corrected chi connectivity index (χ1v) is 7.28. The highest BCUT2D eigenvalue weighted by Gasteiger charge is 2.39. The highest BCUT2D eigenvalue weighted by molar-refractivity contribution is 5.78. The van der Waals surface area contributed by atoms with Gasteiger partial charge in [0.1, 0.15) is 6.42 Å². The van der Waals surface area contributed by atoms with Crippen molar-refractivity contribution in [2.75, 3.05) is 13.1 Å². The molecule has 0 atom stereocenters. The van der Waals surface area contributed by atoms with Crippen LogP contribution in [0.2, 0.25) is 0 Å². The minimum atomic E-state index is -4.45. The van der Waals surface area contributed by atoms with Gasteiger partial charge < -0.3 is 4.90 Å². The van der Waals surface area contributed by atoms with Gasteiger partial charge in [-0.05, 0) is 17.2 Å². The summed E-state index contributed by atoms with van der Waals surface area (Å²) in [6, 6.07) is 11.5. The lowest BCUT2D eigenvalue weighted by atomic mass is 9.86. The van der Waals surface area contributed by atoms with E-state index in [2.05, 4.69) is 4.98 Å². The molecule has 0 radical (unpaired) electrons. The van der Waals surface area contributed by atoms with Gasteiger partial charge in [-0.25, -0.2) is 0 Å². The number of alkyl halides is 3. The molecule has 1 aliphatic heterocycles. The van der Waals surface area contributed by atoms with Crippen LogP contribution in [-0.2, 0) is 4.79 Å². The summed E-state index contributed by atoms with van der Waals surface area (Å²) in [7, 11) is 0. The molecule has 1 saturated heterocycles. The van der Waals surface area contributed by atoms with Crippen molar-refractivity contribution < 1.29 is 18.0 Å². The van der Waals surface area contributed by atoms with Crippen molar-refractivity contribution in [2.24, 2.45) is 0 Å². The summed E-state index contributed by atoms with van der Waals surface area (Å²) in [5.41, 5.74) is 3.01. The summed E-state index contributed by atoms with van der Waals surface area (Å²) < 4.78 is 36.8. The fourth-order valence-corrected chi connectivity index (χ4v) is 2.80.